The molecule has 0 bridgehead atoms. The highest BCUT2D eigenvalue weighted by Gasteiger charge is 2.37. The van der Waals surface area contributed by atoms with Crippen LogP contribution in [0.25, 0.3) is 0 Å². The minimum absolute atomic E-state index is 0.0417. The molecule has 68 heavy (non-hydrogen) atoms. The third kappa shape index (κ3) is 35.6. The van der Waals surface area contributed by atoms with Gasteiger partial charge in [-0.1, -0.05) is 21.6 Å². The molecule has 0 fully saturated rings. The fraction of sp³-hybridized carbons (Fsp3) is 0.840. The highest BCUT2D eigenvalue weighted by molar-refractivity contribution is 8.76. The van der Waals surface area contributed by atoms with E-state index in [4.69, 9.17) is 28.4 Å². The summed E-state index contributed by atoms with van der Waals surface area (Å²) < 4.78 is 33.3. The van der Waals surface area contributed by atoms with Gasteiger partial charge in [-0.25, -0.2) is 0 Å². The number of rotatable bonds is 27. The Morgan fingerprint density at radius 3 is 0.603 bits per heavy atom. The zero-order valence-corrected chi connectivity index (χ0v) is 46.5. The summed E-state index contributed by atoms with van der Waals surface area (Å²) in [5, 5.41) is 6.14. The Hall–Kier alpha value is -3.54. The van der Waals surface area contributed by atoms with Crippen LogP contribution in [0.15, 0.2) is 0 Å². The average Bonchev–Trinajstić information content (AvgIpc) is 3.10. The lowest BCUT2D eigenvalue weighted by atomic mass is 9.83. The SMILES string of the molecule is CC(C)(C)OC(=O)CCC(CCC(=O)OC(C)(C)C)(CCC(=O)OC(C)(C)C)NC(=O)CCSSCCC(=O)NC(CCC(=O)OC(C)(C)C)(CCC(=O)OC(C)(C)C)CCC(=O)OC(C)(C)C. The van der Waals surface area contributed by atoms with Crippen molar-refractivity contribution in [2.24, 2.45) is 0 Å². The molecule has 2 amide bonds. The standard InChI is InChI=1S/C50H88N2O14S2/c1-43(2,3)61-37(55)19-27-49(28-20-38(56)62-44(4,5)6,29-21-39(57)63-45(7,8)9)51-35(53)25-33-67-68-34-26-36(54)52-50(30-22-40(58)64-46(10,11)12,31-23-41(59)65-47(13,14)15)32-24-42(60)66-48(16,17)18/h19-34H2,1-18H3,(H,51,53)(H,52,54). The lowest BCUT2D eigenvalue weighted by Crippen LogP contribution is -2.50. The van der Waals surface area contributed by atoms with Gasteiger partial charge < -0.3 is 39.1 Å². The van der Waals surface area contributed by atoms with E-state index in [1.54, 1.807) is 125 Å². The Morgan fingerprint density at radius 2 is 0.456 bits per heavy atom. The molecule has 16 nitrogen and oxygen atoms in total. The van der Waals surface area contributed by atoms with E-state index >= 15 is 0 Å². The van der Waals surface area contributed by atoms with Gasteiger partial charge in [0.1, 0.15) is 33.6 Å². The van der Waals surface area contributed by atoms with Gasteiger partial charge in [0.15, 0.2) is 0 Å². The molecule has 0 atom stereocenters. The van der Waals surface area contributed by atoms with E-state index < -0.39 is 80.5 Å². The van der Waals surface area contributed by atoms with Crippen LogP contribution in [-0.2, 0) is 66.8 Å². The highest BCUT2D eigenvalue weighted by Crippen LogP contribution is 2.32. The second-order valence-corrected chi connectivity index (χ2v) is 26.0. The summed E-state index contributed by atoms with van der Waals surface area (Å²) in [4.78, 5) is 105. The van der Waals surface area contributed by atoms with Crippen LogP contribution in [0, 0.1) is 0 Å². The van der Waals surface area contributed by atoms with Crippen molar-refractivity contribution in [1.82, 2.24) is 10.6 Å². The Balaban J connectivity index is 6.19. The first-order valence-electron chi connectivity index (χ1n) is 23.8. The van der Waals surface area contributed by atoms with Gasteiger partial charge in [0.25, 0.3) is 0 Å². The molecular weight excluding hydrogens is 917 g/mol. The normalized spacial score (nSPS) is 12.9. The molecule has 0 radical (unpaired) electrons. The number of ether oxygens (including phenoxy) is 6. The smallest absolute Gasteiger partial charge is 0.306 e. The quantitative estimate of drug-likeness (QED) is 0.0339. The maximum atomic E-state index is 13.7. The first-order chi connectivity index (χ1) is 30.6. The van der Waals surface area contributed by atoms with Crippen molar-refractivity contribution in [1.29, 1.82) is 0 Å². The van der Waals surface area contributed by atoms with Gasteiger partial charge in [-0.3, -0.25) is 38.4 Å². The Labute approximate surface area is 415 Å². The molecule has 0 spiro atoms. The topological polar surface area (TPSA) is 216 Å². The van der Waals surface area contributed by atoms with Gasteiger partial charge >= 0.3 is 35.8 Å². The zero-order chi connectivity index (χ0) is 53.0. The number of hydrogen-bond acceptors (Lipinski definition) is 16. The zero-order valence-electron chi connectivity index (χ0n) is 44.8. The second kappa shape index (κ2) is 27.7. The molecule has 0 saturated heterocycles. The van der Waals surface area contributed by atoms with Gasteiger partial charge in [0.05, 0.1) is 0 Å². The van der Waals surface area contributed by atoms with E-state index in [2.05, 4.69) is 10.6 Å². The number of nitrogens with one attached hydrogen (secondary N) is 2. The monoisotopic (exact) mass is 1000 g/mol. The molecule has 0 saturated carbocycles. The Bertz CT molecular complexity index is 1390. The van der Waals surface area contributed by atoms with Crippen LogP contribution in [-0.4, -0.2) is 104 Å². The average molecular weight is 1010 g/mol. The Morgan fingerprint density at radius 1 is 0.294 bits per heavy atom. The maximum absolute atomic E-state index is 13.7. The van der Waals surface area contributed by atoms with E-state index in [9.17, 15) is 38.4 Å². The predicted molar refractivity (Wildman–Crippen MR) is 266 cm³/mol. The number of carbonyl (C=O) groups excluding carboxylic acids is 8. The number of hydrogen-bond donors (Lipinski definition) is 2. The van der Waals surface area contributed by atoms with Crippen molar-refractivity contribution in [2.45, 2.75) is 259 Å². The minimum atomic E-state index is -1.17. The maximum Gasteiger partial charge on any atom is 0.306 e. The van der Waals surface area contributed by atoms with Crippen LogP contribution in [0.3, 0.4) is 0 Å². The molecule has 0 rings (SSSR count). The summed E-state index contributed by atoms with van der Waals surface area (Å²) in [6.07, 6.45) is 0.0966. The van der Waals surface area contributed by atoms with Crippen molar-refractivity contribution in [3.8, 4) is 0 Å². The van der Waals surface area contributed by atoms with Gasteiger partial charge in [-0.15, -0.1) is 0 Å². The highest BCUT2D eigenvalue weighted by atomic mass is 33.1. The van der Waals surface area contributed by atoms with Crippen molar-refractivity contribution < 1.29 is 66.8 Å². The molecule has 0 heterocycles. The van der Waals surface area contributed by atoms with Gasteiger partial charge in [-0.2, -0.15) is 0 Å². The molecule has 0 unspecified atom stereocenters. The molecule has 0 aromatic heterocycles. The molecular formula is C50H88N2O14S2. The molecule has 0 aliphatic carbocycles. The number of esters is 6. The molecule has 0 aliphatic heterocycles. The first-order valence-corrected chi connectivity index (χ1v) is 26.3. The van der Waals surface area contributed by atoms with Crippen molar-refractivity contribution in [3.63, 3.8) is 0 Å². The second-order valence-electron chi connectivity index (χ2n) is 23.3. The third-order valence-corrected chi connectivity index (χ3v) is 11.5. The molecule has 394 valence electrons. The van der Waals surface area contributed by atoms with Crippen LogP contribution in [0.4, 0.5) is 0 Å². The lowest BCUT2D eigenvalue weighted by Gasteiger charge is -2.36. The molecule has 0 aliphatic rings. The van der Waals surface area contributed by atoms with Gasteiger partial charge in [-0.05, 0) is 163 Å². The van der Waals surface area contributed by atoms with Crippen LogP contribution in [0.5, 0.6) is 0 Å². The van der Waals surface area contributed by atoms with Gasteiger partial charge in [0.2, 0.25) is 11.8 Å². The summed E-state index contributed by atoms with van der Waals surface area (Å²) in [7, 11) is 2.74. The lowest BCUT2D eigenvalue weighted by molar-refractivity contribution is -0.158. The van der Waals surface area contributed by atoms with E-state index in [0.29, 0.717) is 11.5 Å². The fourth-order valence-electron chi connectivity index (χ4n) is 6.63. The molecule has 2 N–H and O–H groups in total. The van der Waals surface area contributed by atoms with Gasteiger partial charge in [0, 0.05) is 74.0 Å². The predicted octanol–water partition coefficient (Wildman–Crippen LogP) is 9.59. The molecule has 0 aromatic rings. The Kier molecular flexibility index (Phi) is 26.3. The molecule has 0 aromatic carbocycles. The molecule has 18 heteroatoms. The summed E-state index contributed by atoms with van der Waals surface area (Å²) >= 11 is 0. The third-order valence-electron chi connectivity index (χ3n) is 9.08. The number of amides is 2. The largest absolute Gasteiger partial charge is 0.460 e. The van der Waals surface area contributed by atoms with E-state index in [1.165, 1.54) is 21.6 Å². The van der Waals surface area contributed by atoms with E-state index in [0.717, 1.165) is 0 Å². The van der Waals surface area contributed by atoms with Crippen molar-refractivity contribution in [3.05, 3.63) is 0 Å². The first kappa shape index (κ1) is 64.5. The van der Waals surface area contributed by atoms with Crippen LogP contribution < -0.4 is 10.6 Å². The summed E-state index contributed by atoms with van der Waals surface area (Å²) in [5.74, 6) is -3.01. The van der Waals surface area contributed by atoms with Crippen molar-refractivity contribution in [2.75, 3.05) is 11.5 Å². The number of carbonyl (C=O) groups is 8. The summed E-state index contributed by atoms with van der Waals surface area (Å²) in [6.45, 7) is 31.5. The summed E-state index contributed by atoms with van der Waals surface area (Å²) in [5.41, 5.74) is -6.83. The van der Waals surface area contributed by atoms with E-state index in [-0.39, 0.29) is 102 Å². The minimum Gasteiger partial charge on any atom is -0.460 e. The van der Waals surface area contributed by atoms with Crippen LogP contribution in [0.2, 0.25) is 0 Å². The fourth-order valence-corrected chi connectivity index (χ4v) is 8.61. The summed E-state index contributed by atoms with van der Waals surface area (Å²) in [6, 6.07) is 0. The van der Waals surface area contributed by atoms with E-state index in [1.807, 2.05) is 0 Å². The van der Waals surface area contributed by atoms with Crippen LogP contribution >= 0.6 is 21.6 Å². The van der Waals surface area contributed by atoms with Crippen LogP contribution in [0.1, 0.15) is 215 Å². The van der Waals surface area contributed by atoms with Crippen molar-refractivity contribution >= 4 is 69.2 Å².